The molecule has 1 aromatic heterocycles. The smallest absolute Gasteiger partial charge is 0.357 e. The molecule has 0 saturated carbocycles. The number of nitrogens with two attached hydrogens (primary N) is 1. The second kappa shape index (κ2) is 4.72. The number of fused-ring (bicyclic) bond motifs is 1. The topological polar surface area (TPSA) is 57.2 Å². The van der Waals surface area contributed by atoms with Crippen LogP contribution in [0.4, 0.5) is 5.69 Å². The van der Waals surface area contributed by atoms with E-state index >= 15 is 0 Å². The molecule has 2 aromatic rings. The highest BCUT2D eigenvalue weighted by Crippen LogP contribution is 2.31. The molecule has 2 N–H and O–H groups in total. The second-order valence-electron chi connectivity index (χ2n) is 4.46. The van der Waals surface area contributed by atoms with Crippen LogP contribution in [-0.2, 0) is 4.74 Å². The van der Waals surface area contributed by atoms with Gasteiger partial charge in [0.05, 0.1) is 17.8 Å². The third kappa shape index (κ3) is 1.83. The first-order valence-corrected chi connectivity index (χ1v) is 6.13. The van der Waals surface area contributed by atoms with E-state index < -0.39 is 0 Å². The first-order valence-electron chi connectivity index (χ1n) is 6.13. The van der Waals surface area contributed by atoms with Gasteiger partial charge in [0.15, 0.2) is 5.69 Å². The molecule has 0 aliphatic heterocycles. The summed E-state index contributed by atoms with van der Waals surface area (Å²) in [5.41, 5.74) is 8.00. The first kappa shape index (κ1) is 12.5. The van der Waals surface area contributed by atoms with E-state index in [1.807, 2.05) is 42.7 Å². The lowest BCUT2D eigenvalue weighted by Gasteiger charge is -2.13. The maximum Gasteiger partial charge on any atom is 0.357 e. The number of anilines is 1. The Hall–Kier alpha value is -1.97. The van der Waals surface area contributed by atoms with Gasteiger partial charge in [-0.25, -0.2) is 4.79 Å². The fourth-order valence-corrected chi connectivity index (χ4v) is 2.23. The molecule has 0 amide bonds. The van der Waals surface area contributed by atoms with Crippen molar-refractivity contribution in [2.75, 3.05) is 12.3 Å². The zero-order valence-corrected chi connectivity index (χ0v) is 10.9. The van der Waals surface area contributed by atoms with Crippen LogP contribution in [0.3, 0.4) is 0 Å². The molecule has 1 heterocycles. The van der Waals surface area contributed by atoms with Crippen molar-refractivity contribution in [3.63, 3.8) is 0 Å². The van der Waals surface area contributed by atoms with Gasteiger partial charge < -0.3 is 15.0 Å². The van der Waals surface area contributed by atoms with Crippen molar-refractivity contribution < 1.29 is 9.53 Å². The largest absolute Gasteiger partial charge is 0.461 e. The molecule has 4 nitrogen and oxygen atoms in total. The van der Waals surface area contributed by atoms with Crippen molar-refractivity contribution in [2.24, 2.45) is 0 Å². The average molecular weight is 246 g/mol. The van der Waals surface area contributed by atoms with Crippen molar-refractivity contribution in [2.45, 2.75) is 26.8 Å². The average Bonchev–Trinajstić information content (AvgIpc) is 2.64. The quantitative estimate of drug-likeness (QED) is 0.847. The van der Waals surface area contributed by atoms with Crippen LogP contribution >= 0.6 is 0 Å². The zero-order chi connectivity index (χ0) is 13.3. The third-order valence-electron chi connectivity index (χ3n) is 2.93. The summed E-state index contributed by atoms with van der Waals surface area (Å²) in [6, 6.07) is 7.89. The van der Waals surface area contributed by atoms with Gasteiger partial charge in [0, 0.05) is 11.4 Å². The van der Waals surface area contributed by atoms with E-state index in [4.69, 9.17) is 10.5 Å². The van der Waals surface area contributed by atoms with Crippen LogP contribution in [0.15, 0.2) is 24.3 Å². The van der Waals surface area contributed by atoms with Gasteiger partial charge in [-0.1, -0.05) is 18.2 Å². The van der Waals surface area contributed by atoms with Crippen LogP contribution in [0.5, 0.6) is 0 Å². The Balaban J connectivity index is 2.74. The van der Waals surface area contributed by atoms with Gasteiger partial charge in [0.1, 0.15) is 0 Å². The molecule has 0 atom stereocenters. The minimum Gasteiger partial charge on any atom is -0.461 e. The minimum atomic E-state index is -0.361. The Labute approximate surface area is 106 Å². The van der Waals surface area contributed by atoms with Crippen LogP contribution in [-0.4, -0.2) is 17.1 Å². The van der Waals surface area contributed by atoms with E-state index in [9.17, 15) is 4.79 Å². The van der Waals surface area contributed by atoms with Gasteiger partial charge in [-0.3, -0.25) is 0 Å². The van der Waals surface area contributed by atoms with Crippen LogP contribution in [0.1, 0.15) is 37.3 Å². The van der Waals surface area contributed by atoms with Crippen molar-refractivity contribution in [3.8, 4) is 0 Å². The van der Waals surface area contributed by atoms with Crippen LogP contribution in [0.2, 0.25) is 0 Å². The number of aromatic nitrogens is 1. The molecule has 0 aliphatic rings. The number of ether oxygens (including phenoxy) is 1. The number of carbonyl (C=O) groups excluding carboxylic acids is 1. The molecule has 0 spiro atoms. The summed E-state index contributed by atoms with van der Waals surface area (Å²) in [7, 11) is 0. The number of nitrogen functional groups attached to an aromatic ring is 1. The highest BCUT2D eigenvalue weighted by Gasteiger charge is 2.23. The Kier molecular flexibility index (Phi) is 3.28. The summed E-state index contributed by atoms with van der Waals surface area (Å²) in [5, 5.41) is 0.897. The van der Waals surface area contributed by atoms with Gasteiger partial charge in [-0.15, -0.1) is 0 Å². The molecule has 96 valence electrons. The molecule has 0 bridgehead atoms. The monoisotopic (exact) mass is 246 g/mol. The highest BCUT2D eigenvalue weighted by atomic mass is 16.5. The molecule has 0 unspecified atom stereocenters. The normalized spacial score (nSPS) is 11.1. The van der Waals surface area contributed by atoms with Crippen molar-refractivity contribution in [1.82, 2.24) is 4.57 Å². The van der Waals surface area contributed by atoms with Crippen molar-refractivity contribution >= 4 is 22.6 Å². The molecular formula is C14H18N2O2. The van der Waals surface area contributed by atoms with Gasteiger partial charge in [0.2, 0.25) is 0 Å². The molecule has 0 fully saturated rings. The lowest BCUT2D eigenvalue weighted by atomic mass is 10.2. The van der Waals surface area contributed by atoms with Crippen LogP contribution in [0, 0.1) is 0 Å². The van der Waals surface area contributed by atoms with E-state index in [1.54, 1.807) is 6.92 Å². The number of para-hydroxylation sites is 1. The van der Waals surface area contributed by atoms with Gasteiger partial charge in [-0.2, -0.15) is 0 Å². The maximum atomic E-state index is 12.0. The van der Waals surface area contributed by atoms with E-state index in [1.165, 1.54) is 0 Å². The Morgan fingerprint density at radius 2 is 2.06 bits per heavy atom. The van der Waals surface area contributed by atoms with E-state index in [-0.39, 0.29) is 12.0 Å². The van der Waals surface area contributed by atoms with Crippen molar-refractivity contribution in [3.05, 3.63) is 30.0 Å². The van der Waals surface area contributed by atoms with E-state index in [0.29, 0.717) is 18.0 Å². The lowest BCUT2D eigenvalue weighted by molar-refractivity contribution is 0.0514. The summed E-state index contributed by atoms with van der Waals surface area (Å²) in [6.07, 6.45) is 0. The number of hydrogen-bond acceptors (Lipinski definition) is 3. The zero-order valence-electron chi connectivity index (χ0n) is 10.9. The summed E-state index contributed by atoms with van der Waals surface area (Å²) in [4.78, 5) is 12.0. The molecule has 4 heteroatoms. The number of carbonyl (C=O) groups is 1. The van der Waals surface area contributed by atoms with Crippen LogP contribution < -0.4 is 5.73 Å². The molecule has 18 heavy (non-hydrogen) atoms. The predicted octanol–water partition coefficient (Wildman–Crippen LogP) is 2.98. The number of rotatable bonds is 3. The summed E-state index contributed by atoms with van der Waals surface area (Å²) < 4.78 is 7.02. The number of nitrogens with zero attached hydrogens (tertiary/aromatic N) is 1. The van der Waals surface area contributed by atoms with Crippen LogP contribution in [0.25, 0.3) is 10.9 Å². The molecule has 0 radical (unpaired) electrons. The fraction of sp³-hybridized carbons (Fsp3) is 0.357. The highest BCUT2D eigenvalue weighted by molar-refractivity contribution is 6.06. The van der Waals surface area contributed by atoms with E-state index in [0.717, 1.165) is 10.9 Å². The molecule has 0 saturated heterocycles. The standard InChI is InChI=1S/C14H18N2O2/c1-4-18-14(17)13-12(15)10-7-5-6-8-11(10)16(13)9(2)3/h5-9H,4,15H2,1-3H3. The lowest BCUT2D eigenvalue weighted by Crippen LogP contribution is -2.15. The van der Waals surface area contributed by atoms with Gasteiger partial charge in [-0.05, 0) is 26.8 Å². The molecule has 0 aliphatic carbocycles. The van der Waals surface area contributed by atoms with Gasteiger partial charge >= 0.3 is 5.97 Å². The first-order chi connectivity index (χ1) is 8.57. The Bertz CT molecular complexity index is 585. The van der Waals surface area contributed by atoms with E-state index in [2.05, 4.69) is 0 Å². The third-order valence-corrected chi connectivity index (χ3v) is 2.93. The Morgan fingerprint density at radius 3 is 2.67 bits per heavy atom. The van der Waals surface area contributed by atoms with Crippen molar-refractivity contribution in [1.29, 1.82) is 0 Å². The fourth-order valence-electron chi connectivity index (χ4n) is 2.23. The summed E-state index contributed by atoms with van der Waals surface area (Å²) >= 11 is 0. The number of benzene rings is 1. The molecule has 2 rings (SSSR count). The van der Waals surface area contributed by atoms with Gasteiger partial charge in [0.25, 0.3) is 0 Å². The predicted molar refractivity (Wildman–Crippen MR) is 72.7 cm³/mol. The molecule has 1 aromatic carbocycles. The SMILES string of the molecule is CCOC(=O)c1c(N)c2ccccc2n1C(C)C. The minimum absolute atomic E-state index is 0.145. The number of hydrogen-bond donors (Lipinski definition) is 1. The summed E-state index contributed by atoms with van der Waals surface area (Å²) in [6.45, 7) is 6.18. The molecular weight excluding hydrogens is 228 g/mol. The number of esters is 1. The maximum absolute atomic E-state index is 12.0. The second-order valence-corrected chi connectivity index (χ2v) is 4.46. The summed E-state index contributed by atoms with van der Waals surface area (Å²) in [5.74, 6) is -0.361. The Morgan fingerprint density at radius 1 is 1.39 bits per heavy atom.